The number of halogens is 2. The van der Waals surface area contributed by atoms with E-state index in [-0.39, 0.29) is 24.4 Å². The largest absolute Gasteiger partial charge is 0.493 e. The molecule has 3 N–H and O–H groups in total. The number of rotatable bonds is 7. The summed E-state index contributed by atoms with van der Waals surface area (Å²) in [6.07, 6.45) is 0.895. The molecule has 0 heterocycles. The van der Waals surface area contributed by atoms with E-state index >= 15 is 0 Å². The lowest BCUT2D eigenvalue weighted by Crippen LogP contribution is -2.37. The van der Waals surface area contributed by atoms with Crippen molar-refractivity contribution in [2.75, 3.05) is 20.3 Å². The Morgan fingerprint density at radius 1 is 1.48 bits per heavy atom. The number of carbonyl (C=O) groups excluding carboxylic acids is 1. The van der Waals surface area contributed by atoms with Crippen molar-refractivity contribution in [3.8, 4) is 11.5 Å². The average Bonchev–Trinajstić information content (AvgIpc) is 2.44. The standard InChI is InChI=1S/C14H21BrN2O3.ClH/c1-4-5-20-13-11(15)6-10(7-12(13)19-3)14(18)17-9(2)8-16;/h6-7,9H,4-5,8,16H2,1-3H3,(H,17,18);1H/t9-;/m0./s1. The summed E-state index contributed by atoms with van der Waals surface area (Å²) in [4.78, 5) is 12.1. The number of nitrogens with two attached hydrogens (primary N) is 1. The summed E-state index contributed by atoms with van der Waals surface area (Å²) in [5.74, 6) is 0.945. The number of carbonyl (C=O) groups is 1. The lowest BCUT2D eigenvalue weighted by Gasteiger charge is -2.15. The molecule has 0 spiro atoms. The third kappa shape index (κ3) is 5.73. The molecule has 0 saturated heterocycles. The molecule has 1 aromatic rings. The fourth-order valence-electron chi connectivity index (χ4n) is 1.56. The van der Waals surface area contributed by atoms with Gasteiger partial charge in [0.15, 0.2) is 11.5 Å². The number of nitrogens with one attached hydrogen (secondary N) is 1. The van der Waals surface area contributed by atoms with Crippen LogP contribution in [0.25, 0.3) is 0 Å². The van der Waals surface area contributed by atoms with E-state index < -0.39 is 0 Å². The Kier molecular flexibility index (Phi) is 9.41. The Labute approximate surface area is 140 Å². The summed E-state index contributed by atoms with van der Waals surface area (Å²) < 4.78 is 11.6. The molecule has 1 amide bonds. The van der Waals surface area contributed by atoms with E-state index in [1.807, 2.05) is 13.8 Å². The molecule has 0 aliphatic rings. The van der Waals surface area contributed by atoms with Gasteiger partial charge in [-0.25, -0.2) is 0 Å². The van der Waals surface area contributed by atoms with Gasteiger partial charge >= 0.3 is 0 Å². The molecule has 1 atom stereocenters. The van der Waals surface area contributed by atoms with E-state index in [0.29, 0.717) is 34.7 Å². The van der Waals surface area contributed by atoms with E-state index in [2.05, 4.69) is 21.2 Å². The van der Waals surface area contributed by atoms with Crippen molar-refractivity contribution in [3.63, 3.8) is 0 Å². The number of hydrogen-bond donors (Lipinski definition) is 2. The highest BCUT2D eigenvalue weighted by atomic mass is 79.9. The average molecular weight is 382 g/mol. The van der Waals surface area contributed by atoms with Crippen molar-refractivity contribution < 1.29 is 14.3 Å². The van der Waals surface area contributed by atoms with Crippen molar-refractivity contribution in [2.24, 2.45) is 5.73 Å². The number of ether oxygens (including phenoxy) is 2. The lowest BCUT2D eigenvalue weighted by molar-refractivity contribution is 0.0940. The van der Waals surface area contributed by atoms with Crippen molar-refractivity contribution in [1.82, 2.24) is 5.32 Å². The van der Waals surface area contributed by atoms with Gasteiger partial charge in [0, 0.05) is 18.2 Å². The third-order valence-corrected chi connectivity index (χ3v) is 3.26. The Bertz CT molecular complexity index is 472. The van der Waals surface area contributed by atoms with Gasteiger partial charge in [-0.05, 0) is 41.4 Å². The predicted octanol–water partition coefficient (Wildman–Crippen LogP) is 2.75. The topological polar surface area (TPSA) is 73.6 Å². The summed E-state index contributed by atoms with van der Waals surface area (Å²) in [6.45, 7) is 4.85. The Morgan fingerprint density at radius 2 is 2.14 bits per heavy atom. The highest BCUT2D eigenvalue weighted by Gasteiger charge is 2.16. The van der Waals surface area contributed by atoms with Crippen LogP contribution in [0, 0.1) is 0 Å². The van der Waals surface area contributed by atoms with Crippen LogP contribution in [0.2, 0.25) is 0 Å². The molecule has 120 valence electrons. The maximum absolute atomic E-state index is 12.1. The lowest BCUT2D eigenvalue weighted by atomic mass is 10.1. The van der Waals surface area contributed by atoms with Crippen LogP contribution in [0.4, 0.5) is 0 Å². The summed E-state index contributed by atoms with van der Waals surface area (Å²) in [5, 5.41) is 2.81. The zero-order chi connectivity index (χ0) is 15.1. The van der Waals surface area contributed by atoms with Gasteiger partial charge < -0.3 is 20.5 Å². The zero-order valence-corrected chi connectivity index (χ0v) is 14.8. The Morgan fingerprint density at radius 3 is 2.67 bits per heavy atom. The van der Waals surface area contributed by atoms with Crippen LogP contribution >= 0.6 is 28.3 Å². The highest BCUT2D eigenvalue weighted by molar-refractivity contribution is 9.10. The normalized spacial score (nSPS) is 11.3. The number of benzene rings is 1. The van der Waals surface area contributed by atoms with Gasteiger partial charge in [0.2, 0.25) is 0 Å². The summed E-state index contributed by atoms with van der Waals surface area (Å²) in [7, 11) is 1.55. The molecule has 0 bridgehead atoms. The van der Waals surface area contributed by atoms with E-state index in [4.69, 9.17) is 15.2 Å². The molecule has 0 aromatic heterocycles. The molecule has 21 heavy (non-hydrogen) atoms. The smallest absolute Gasteiger partial charge is 0.251 e. The molecular weight excluding hydrogens is 360 g/mol. The van der Waals surface area contributed by atoms with Crippen LogP contribution in [0.3, 0.4) is 0 Å². The molecule has 0 radical (unpaired) electrons. The zero-order valence-electron chi connectivity index (χ0n) is 12.4. The second-order valence-corrected chi connectivity index (χ2v) is 5.30. The van der Waals surface area contributed by atoms with Gasteiger partial charge in [-0.2, -0.15) is 0 Å². The van der Waals surface area contributed by atoms with Gasteiger partial charge in [-0.3, -0.25) is 4.79 Å². The molecule has 5 nitrogen and oxygen atoms in total. The minimum absolute atomic E-state index is 0. The van der Waals surface area contributed by atoms with Crippen molar-refractivity contribution in [2.45, 2.75) is 26.3 Å². The Hall–Kier alpha value is -0.980. The van der Waals surface area contributed by atoms with Crippen molar-refractivity contribution in [3.05, 3.63) is 22.2 Å². The van der Waals surface area contributed by atoms with Crippen LogP contribution in [0.5, 0.6) is 11.5 Å². The van der Waals surface area contributed by atoms with E-state index in [9.17, 15) is 4.79 Å². The molecule has 0 fully saturated rings. The first-order chi connectivity index (χ1) is 9.53. The molecular formula is C14H22BrClN2O3. The molecule has 1 rings (SSSR count). The van der Waals surface area contributed by atoms with Gasteiger partial charge in [0.05, 0.1) is 18.2 Å². The maximum atomic E-state index is 12.1. The highest BCUT2D eigenvalue weighted by Crippen LogP contribution is 2.36. The first-order valence-corrected chi connectivity index (χ1v) is 7.34. The summed E-state index contributed by atoms with van der Waals surface area (Å²) in [5.41, 5.74) is 5.99. The van der Waals surface area contributed by atoms with Gasteiger partial charge in [0.25, 0.3) is 5.91 Å². The quantitative estimate of drug-likeness (QED) is 0.761. The number of hydrogen-bond acceptors (Lipinski definition) is 4. The molecule has 7 heteroatoms. The van der Waals surface area contributed by atoms with Crippen LogP contribution < -0.4 is 20.5 Å². The molecule has 0 aliphatic carbocycles. The van der Waals surface area contributed by atoms with Crippen molar-refractivity contribution in [1.29, 1.82) is 0 Å². The minimum atomic E-state index is -0.191. The molecule has 0 aliphatic heterocycles. The van der Waals surface area contributed by atoms with E-state index in [0.717, 1.165) is 6.42 Å². The number of amides is 1. The second-order valence-electron chi connectivity index (χ2n) is 4.45. The predicted molar refractivity (Wildman–Crippen MR) is 89.7 cm³/mol. The fraction of sp³-hybridized carbons (Fsp3) is 0.500. The number of methoxy groups -OCH3 is 1. The van der Waals surface area contributed by atoms with Crippen LogP contribution in [0.1, 0.15) is 30.6 Å². The second kappa shape index (κ2) is 9.87. The summed E-state index contributed by atoms with van der Waals surface area (Å²) >= 11 is 3.41. The van der Waals surface area contributed by atoms with Gasteiger partial charge in [-0.1, -0.05) is 6.92 Å². The van der Waals surface area contributed by atoms with Gasteiger partial charge in [-0.15, -0.1) is 12.4 Å². The molecule has 0 unspecified atom stereocenters. The first kappa shape index (κ1) is 20.0. The third-order valence-electron chi connectivity index (χ3n) is 2.67. The Balaban J connectivity index is 0.00000400. The molecule has 1 aromatic carbocycles. The maximum Gasteiger partial charge on any atom is 0.251 e. The molecule has 0 saturated carbocycles. The SMILES string of the molecule is CCCOc1c(Br)cc(C(=O)N[C@@H](C)CN)cc1OC.Cl. The first-order valence-electron chi connectivity index (χ1n) is 6.54. The van der Waals surface area contributed by atoms with Crippen LogP contribution in [-0.2, 0) is 0 Å². The van der Waals surface area contributed by atoms with Crippen LogP contribution in [0.15, 0.2) is 16.6 Å². The monoisotopic (exact) mass is 380 g/mol. The van der Waals surface area contributed by atoms with Gasteiger partial charge in [0.1, 0.15) is 0 Å². The van der Waals surface area contributed by atoms with E-state index in [1.165, 1.54) is 0 Å². The van der Waals surface area contributed by atoms with Crippen LogP contribution in [-0.4, -0.2) is 32.2 Å². The summed E-state index contributed by atoms with van der Waals surface area (Å²) in [6, 6.07) is 3.30. The minimum Gasteiger partial charge on any atom is -0.493 e. The fourth-order valence-corrected chi connectivity index (χ4v) is 2.12. The van der Waals surface area contributed by atoms with Crippen molar-refractivity contribution >= 4 is 34.2 Å². The van der Waals surface area contributed by atoms with E-state index in [1.54, 1.807) is 19.2 Å².